The minimum atomic E-state index is -4.99. The molecule has 0 atom stereocenters. The Morgan fingerprint density at radius 3 is 2.06 bits per heavy atom. The van der Waals surface area contributed by atoms with E-state index in [4.69, 9.17) is 4.74 Å². The van der Waals surface area contributed by atoms with E-state index in [1.807, 2.05) is 0 Å². The largest absolute Gasteiger partial charge is 1.00 e. The topological polar surface area (TPSA) is 9.23 Å². The van der Waals surface area contributed by atoms with Crippen molar-refractivity contribution in [3.05, 3.63) is 36.4 Å². The van der Waals surface area contributed by atoms with Crippen molar-refractivity contribution in [2.75, 3.05) is 7.11 Å². The molecule has 0 radical (unpaired) electrons. The zero-order valence-corrected chi connectivity index (χ0v) is 12.7. The van der Waals surface area contributed by atoms with Crippen LogP contribution in [0.15, 0.2) is 36.4 Å². The molecule has 0 saturated carbocycles. The average Bonchev–Trinajstić information content (AvgIpc) is 2.26. The minimum Gasteiger partial charge on any atom is -0.496 e. The van der Waals surface area contributed by atoms with Crippen LogP contribution < -0.4 is 61.6 Å². The monoisotopic (exact) mass is 264 g/mol. The van der Waals surface area contributed by atoms with Crippen LogP contribution in [0.3, 0.4) is 0 Å². The SMILES string of the molecule is COc1ccc([B-](F)(F)F)c2ccccc12.[K+]. The van der Waals surface area contributed by atoms with E-state index in [-0.39, 0.29) is 56.8 Å². The Balaban J connectivity index is 0.00000144. The van der Waals surface area contributed by atoms with Gasteiger partial charge >= 0.3 is 58.4 Å². The Kier molecular flexibility index (Phi) is 5.09. The summed E-state index contributed by atoms with van der Waals surface area (Å²) >= 11 is 0. The van der Waals surface area contributed by atoms with Crippen molar-refractivity contribution in [1.82, 2.24) is 0 Å². The molecule has 0 aliphatic heterocycles. The molecule has 17 heavy (non-hydrogen) atoms. The van der Waals surface area contributed by atoms with Crippen molar-refractivity contribution in [3.63, 3.8) is 0 Å². The van der Waals surface area contributed by atoms with E-state index < -0.39 is 12.4 Å². The van der Waals surface area contributed by atoms with E-state index in [1.54, 1.807) is 18.2 Å². The summed E-state index contributed by atoms with van der Waals surface area (Å²) in [7, 11) is 1.44. The van der Waals surface area contributed by atoms with Crippen molar-refractivity contribution in [2.24, 2.45) is 0 Å². The first-order valence-corrected chi connectivity index (χ1v) is 4.79. The van der Waals surface area contributed by atoms with E-state index in [0.717, 1.165) is 6.07 Å². The Morgan fingerprint density at radius 1 is 0.941 bits per heavy atom. The van der Waals surface area contributed by atoms with Crippen LogP contribution in [0.25, 0.3) is 10.8 Å². The second kappa shape index (κ2) is 5.75. The van der Waals surface area contributed by atoms with Crippen LogP contribution in [-0.4, -0.2) is 14.1 Å². The molecule has 2 rings (SSSR count). The Bertz CT molecular complexity index is 528. The van der Waals surface area contributed by atoms with Gasteiger partial charge in [0.25, 0.3) is 0 Å². The molecule has 0 spiro atoms. The average molecular weight is 264 g/mol. The molecule has 0 unspecified atom stereocenters. The summed E-state index contributed by atoms with van der Waals surface area (Å²) in [5.74, 6) is 0.458. The van der Waals surface area contributed by atoms with Crippen molar-refractivity contribution in [1.29, 1.82) is 0 Å². The normalized spacial score (nSPS) is 11.1. The first-order valence-electron chi connectivity index (χ1n) is 4.79. The van der Waals surface area contributed by atoms with Gasteiger partial charge in [-0.15, -0.1) is 5.46 Å². The van der Waals surface area contributed by atoms with Gasteiger partial charge in [0.1, 0.15) is 5.75 Å². The number of hydrogen-bond donors (Lipinski definition) is 0. The maximum absolute atomic E-state index is 12.8. The van der Waals surface area contributed by atoms with Crippen LogP contribution in [0.5, 0.6) is 5.75 Å². The second-order valence-electron chi connectivity index (χ2n) is 3.48. The molecular weight excluding hydrogens is 255 g/mol. The van der Waals surface area contributed by atoms with Crippen LogP contribution in [0, 0.1) is 0 Å². The van der Waals surface area contributed by atoms with Crippen molar-refractivity contribution in [2.45, 2.75) is 0 Å². The molecule has 0 N–H and O–H groups in total. The first kappa shape index (κ1) is 15.1. The Morgan fingerprint density at radius 2 is 1.53 bits per heavy atom. The molecule has 1 nitrogen and oxygen atoms in total. The first-order chi connectivity index (χ1) is 7.54. The van der Waals surface area contributed by atoms with Gasteiger partial charge in [-0.1, -0.05) is 30.3 Å². The van der Waals surface area contributed by atoms with E-state index >= 15 is 0 Å². The summed E-state index contributed by atoms with van der Waals surface area (Å²) in [6.07, 6.45) is 0. The summed E-state index contributed by atoms with van der Waals surface area (Å²) in [5.41, 5.74) is -0.573. The van der Waals surface area contributed by atoms with Gasteiger partial charge in [0.05, 0.1) is 7.11 Å². The maximum atomic E-state index is 12.8. The molecule has 0 saturated heterocycles. The third-order valence-electron chi connectivity index (χ3n) is 2.49. The van der Waals surface area contributed by atoms with Gasteiger partial charge in [-0.2, -0.15) is 0 Å². The Labute approximate surface area is 140 Å². The van der Waals surface area contributed by atoms with Gasteiger partial charge in [0.2, 0.25) is 0 Å². The van der Waals surface area contributed by atoms with Crippen LogP contribution in [-0.2, 0) is 0 Å². The minimum absolute atomic E-state index is 0. The number of methoxy groups -OCH3 is 1. The number of rotatable bonds is 2. The molecule has 0 aromatic heterocycles. The number of ether oxygens (including phenoxy) is 1. The number of halogens is 3. The number of fused-ring (bicyclic) bond motifs is 1. The van der Waals surface area contributed by atoms with Gasteiger partial charge < -0.3 is 17.7 Å². The molecular formula is C11H9BF3KO. The molecule has 0 fully saturated rings. The molecule has 0 amide bonds. The smallest absolute Gasteiger partial charge is 0.496 e. The summed E-state index contributed by atoms with van der Waals surface area (Å²) in [6.45, 7) is -4.99. The van der Waals surface area contributed by atoms with Gasteiger partial charge in [0, 0.05) is 5.39 Å². The third kappa shape index (κ3) is 3.06. The quantitative estimate of drug-likeness (QED) is 0.689. The van der Waals surface area contributed by atoms with Crippen LogP contribution >= 0.6 is 0 Å². The number of benzene rings is 2. The van der Waals surface area contributed by atoms with E-state index in [9.17, 15) is 12.9 Å². The predicted molar refractivity (Wildman–Crippen MR) is 59.2 cm³/mol. The summed E-state index contributed by atoms with van der Waals surface area (Å²) in [6, 6.07) is 8.79. The summed E-state index contributed by atoms with van der Waals surface area (Å²) < 4.78 is 43.4. The van der Waals surface area contributed by atoms with Crippen molar-refractivity contribution >= 4 is 23.2 Å². The molecule has 84 valence electrons. The molecule has 0 bridgehead atoms. The molecule has 6 heteroatoms. The fourth-order valence-corrected chi connectivity index (χ4v) is 1.76. The summed E-state index contributed by atoms with van der Waals surface area (Å²) in [4.78, 5) is 0. The van der Waals surface area contributed by atoms with E-state index in [2.05, 4.69) is 0 Å². The van der Waals surface area contributed by atoms with Gasteiger partial charge in [0.15, 0.2) is 0 Å². The van der Waals surface area contributed by atoms with Gasteiger partial charge in [-0.05, 0) is 11.5 Å². The van der Waals surface area contributed by atoms with E-state index in [1.165, 1.54) is 19.2 Å². The van der Waals surface area contributed by atoms with Crippen LogP contribution in [0.2, 0.25) is 0 Å². The van der Waals surface area contributed by atoms with Gasteiger partial charge in [-0.3, -0.25) is 0 Å². The molecule has 0 aliphatic rings. The molecule has 0 heterocycles. The molecule has 2 aromatic carbocycles. The maximum Gasteiger partial charge on any atom is 1.00 e. The van der Waals surface area contributed by atoms with Crippen LogP contribution in [0.1, 0.15) is 0 Å². The Hall–Kier alpha value is -0.00870. The van der Waals surface area contributed by atoms with Crippen LogP contribution in [0.4, 0.5) is 12.9 Å². The predicted octanol–water partition coefficient (Wildman–Crippen LogP) is -0.0932. The zero-order chi connectivity index (χ0) is 11.8. The number of hydrogen-bond acceptors (Lipinski definition) is 1. The van der Waals surface area contributed by atoms with Crippen molar-refractivity contribution in [3.8, 4) is 5.75 Å². The molecule has 0 aliphatic carbocycles. The standard InChI is InChI=1S/C11H9BF3O.K/c1-16-11-7-6-10(12(13,14)15)8-4-2-3-5-9(8)11;/h2-7H,1H3;/q-1;+1. The van der Waals surface area contributed by atoms with Crippen molar-refractivity contribution < 1.29 is 69.1 Å². The fourth-order valence-electron chi connectivity index (χ4n) is 1.76. The second-order valence-corrected chi connectivity index (χ2v) is 3.48. The zero-order valence-electron chi connectivity index (χ0n) is 9.58. The van der Waals surface area contributed by atoms with Gasteiger partial charge in [-0.25, -0.2) is 0 Å². The fraction of sp³-hybridized carbons (Fsp3) is 0.0909. The third-order valence-corrected chi connectivity index (χ3v) is 2.49. The molecule has 2 aromatic rings. The summed E-state index contributed by atoms with van der Waals surface area (Å²) in [5, 5.41) is 0.677. The van der Waals surface area contributed by atoms with E-state index in [0.29, 0.717) is 11.1 Å².